The summed E-state index contributed by atoms with van der Waals surface area (Å²) in [5.41, 5.74) is 2.99. The standard InChI is InChI=1S/C20H20N2O3/c23-19(9-7-15-6-8-17-16(12-15)10-11-21-17)22-18(20(24)25)13-14-4-2-1-3-5-14/h1-6,8,10-12,18,21H,7,9,13H2,(H,22,23)(H,24,25)/t18-/m0/s1. The third kappa shape index (κ3) is 4.47. The van der Waals surface area contributed by atoms with Gasteiger partial charge < -0.3 is 15.4 Å². The number of aromatic amines is 1. The Kier molecular flexibility index (Phi) is 5.14. The molecule has 0 saturated carbocycles. The molecule has 0 radical (unpaired) electrons. The molecule has 1 aromatic heterocycles. The van der Waals surface area contributed by atoms with Gasteiger partial charge in [-0.1, -0.05) is 36.4 Å². The van der Waals surface area contributed by atoms with Gasteiger partial charge in [-0.25, -0.2) is 4.79 Å². The molecular weight excluding hydrogens is 316 g/mol. The van der Waals surface area contributed by atoms with Gasteiger partial charge >= 0.3 is 5.97 Å². The molecule has 3 rings (SSSR count). The normalized spacial score (nSPS) is 12.0. The molecule has 0 bridgehead atoms. The summed E-state index contributed by atoms with van der Waals surface area (Å²) in [5, 5.41) is 13.1. The summed E-state index contributed by atoms with van der Waals surface area (Å²) in [6.07, 6.45) is 2.98. The van der Waals surface area contributed by atoms with Crippen molar-refractivity contribution >= 4 is 22.8 Å². The molecule has 5 nitrogen and oxygen atoms in total. The molecular formula is C20H20N2O3. The number of carboxylic acid groups (broad SMARTS) is 1. The summed E-state index contributed by atoms with van der Waals surface area (Å²) >= 11 is 0. The van der Waals surface area contributed by atoms with E-state index < -0.39 is 12.0 Å². The van der Waals surface area contributed by atoms with Gasteiger partial charge in [-0.15, -0.1) is 0 Å². The molecule has 3 aromatic rings. The van der Waals surface area contributed by atoms with E-state index in [0.29, 0.717) is 6.42 Å². The van der Waals surface area contributed by atoms with Crippen LogP contribution in [0.25, 0.3) is 10.9 Å². The van der Waals surface area contributed by atoms with Crippen molar-refractivity contribution in [1.29, 1.82) is 0 Å². The highest BCUT2D eigenvalue weighted by Crippen LogP contribution is 2.15. The van der Waals surface area contributed by atoms with Crippen LogP contribution in [0.5, 0.6) is 0 Å². The van der Waals surface area contributed by atoms with Crippen molar-refractivity contribution in [3.8, 4) is 0 Å². The van der Waals surface area contributed by atoms with Crippen molar-refractivity contribution in [2.24, 2.45) is 0 Å². The van der Waals surface area contributed by atoms with E-state index in [4.69, 9.17) is 0 Å². The highest BCUT2D eigenvalue weighted by molar-refractivity contribution is 5.84. The van der Waals surface area contributed by atoms with E-state index in [9.17, 15) is 14.7 Å². The first kappa shape index (κ1) is 16.8. The molecule has 0 unspecified atom stereocenters. The first-order chi connectivity index (χ1) is 12.1. The molecule has 0 aliphatic carbocycles. The van der Waals surface area contributed by atoms with Gasteiger partial charge in [0.15, 0.2) is 0 Å². The van der Waals surface area contributed by atoms with Crippen molar-refractivity contribution < 1.29 is 14.7 Å². The Morgan fingerprint density at radius 1 is 1.04 bits per heavy atom. The molecule has 0 spiro atoms. The Balaban J connectivity index is 1.56. The number of carboxylic acids is 1. The third-order valence-electron chi connectivity index (χ3n) is 4.17. The summed E-state index contributed by atoms with van der Waals surface area (Å²) in [5.74, 6) is -1.27. The highest BCUT2D eigenvalue weighted by atomic mass is 16.4. The van der Waals surface area contributed by atoms with Gasteiger partial charge in [0.1, 0.15) is 6.04 Å². The Morgan fingerprint density at radius 3 is 2.60 bits per heavy atom. The van der Waals surface area contributed by atoms with Crippen molar-refractivity contribution in [3.05, 3.63) is 71.9 Å². The lowest BCUT2D eigenvalue weighted by atomic mass is 10.0. The lowest BCUT2D eigenvalue weighted by molar-refractivity contribution is -0.141. The van der Waals surface area contributed by atoms with E-state index in [0.717, 1.165) is 22.0 Å². The number of nitrogens with one attached hydrogen (secondary N) is 2. The summed E-state index contributed by atoms with van der Waals surface area (Å²) in [4.78, 5) is 26.7. The van der Waals surface area contributed by atoms with Crippen LogP contribution in [-0.4, -0.2) is 28.0 Å². The number of benzene rings is 2. The minimum atomic E-state index is -1.02. The van der Waals surface area contributed by atoms with Crippen LogP contribution in [0.1, 0.15) is 17.5 Å². The van der Waals surface area contributed by atoms with Crippen LogP contribution in [0.15, 0.2) is 60.8 Å². The van der Waals surface area contributed by atoms with Crippen molar-refractivity contribution in [2.75, 3.05) is 0 Å². The van der Waals surface area contributed by atoms with Crippen LogP contribution in [0.4, 0.5) is 0 Å². The van der Waals surface area contributed by atoms with E-state index in [2.05, 4.69) is 10.3 Å². The van der Waals surface area contributed by atoms with Crippen LogP contribution < -0.4 is 5.32 Å². The van der Waals surface area contributed by atoms with Gasteiger partial charge in [0, 0.05) is 24.6 Å². The average molecular weight is 336 g/mol. The number of H-pyrrole nitrogens is 1. The first-order valence-electron chi connectivity index (χ1n) is 8.24. The number of hydrogen-bond acceptors (Lipinski definition) is 2. The first-order valence-corrected chi connectivity index (χ1v) is 8.24. The van der Waals surface area contributed by atoms with Gasteiger partial charge in [-0.3, -0.25) is 4.79 Å². The SMILES string of the molecule is O=C(CCc1ccc2[nH]ccc2c1)N[C@@H](Cc1ccccc1)C(=O)O. The summed E-state index contributed by atoms with van der Waals surface area (Å²) in [6.45, 7) is 0. The Hall–Kier alpha value is -3.08. The van der Waals surface area contributed by atoms with Gasteiger partial charge in [0.25, 0.3) is 0 Å². The Morgan fingerprint density at radius 2 is 1.84 bits per heavy atom. The van der Waals surface area contributed by atoms with Crippen molar-refractivity contribution in [1.82, 2.24) is 10.3 Å². The largest absolute Gasteiger partial charge is 0.480 e. The summed E-state index contributed by atoms with van der Waals surface area (Å²) < 4.78 is 0. The Bertz CT molecular complexity index is 871. The Labute approximate surface area is 145 Å². The number of carbonyl (C=O) groups is 2. The number of rotatable bonds is 7. The fourth-order valence-corrected chi connectivity index (χ4v) is 2.83. The third-order valence-corrected chi connectivity index (χ3v) is 4.17. The quantitative estimate of drug-likeness (QED) is 0.620. The van der Waals surface area contributed by atoms with Gasteiger partial charge in [-0.2, -0.15) is 0 Å². The average Bonchev–Trinajstić information content (AvgIpc) is 3.08. The van der Waals surface area contributed by atoms with Gasteiger partial charge in [0.05, 0.1) is 0 Å². The molecule has 2 aromatic carbocycles. The van der Waals surface area contributed by atoms with Crippen molar-refractivity contribution in [3.63, 3.8) is 0 Å². The zero-order chi connectivity index (χ0) is 17.6. The minimum Gasteiger partial charge on any atom is -0.480 e. The molecule has 1 heterocycles. The number of hydrogen-bond donors (Lipinski definition) is 3. The van der Waals surface area contributed by atoms with Gasteiger partial charge in [-0.05, 0) is 41.1 Å². The number of carbonyl (C=O) groups excluding carboxylic acids is 1. The maximum absolute atomic E-state index is 12.2. The second-order valence-electron chi connectivity index (χ2n) is 6.05. The summed E-state index contributed by atoms with van der Waals surface area (Å²) in [6, 6.07) is 16.4. The lowest BCUT2D eigenvalue weighted by Gasteiger charge is -2.14. The lowest BCUT2D eigenvalue weighted by Crippen LogP contribution is -2.42. The number of aliphatic carboxylic acids is 1. The summed E-state index contributed by atoms with van der Waals surface area (Å²) in [7, 11) is 0. The second kappa shape index (κ2) is 7.66. The van der Waals surface area contributed by atoms with Crippen LogP contribution in [0.3, 0.4) is 0 Å². The topological polar surface area (TPSA) is 82.2 Å². The van der Waals surface area contributed by atoms with E-state index in [1.54, 1.807) is 0 Å². The second-order valence-corrected chi connectivity index (χ2v) is 6.05. The molecule has 1 atom stereocenters. The van der Waals surface area contributed by atoms with E-state index in [1.165, 1.54) is 0 Å². The highest BCUT2D eigenvalue weighted by Gasteiger charge is 2.20. The monoisotopic (exact) mass is 336 g/mol. The molecule has 1 amide bonds. The minimum absolute atomic E-state index is 0.252. The fourth-order valence-electron chi connectivity index (χ4n) is 2.83. The van der Waals surface area contributed by atoms with E-state index >= 15 is 0 Å². The fraction of sp³-hybridized carbons (Fsp3) is 0.200. The van der Waals surface area contributed by atoms with E-state index in [-0.39, 0.29) is 18.7 Å². The molecule has 0 saturated heterocycles. The number of fused-ring (bicyclic) bond motifs is 1. The smallest absolute Gasteiger partial charge is 0.326 e. The molecule has 5 heteroatoms. The van der Waals surface area contributed by atoms with Crippen LogP contribution >= 0.6 is 0 Å². The molecule has 0 aliphatic rings. The molecule has 25 heavy (non-hydrogen) atoms. The number of amides is 1. The number of aromatic nitrogens is 1. The molecule has 0 fully saturated rings. The molecule has 3 N–H and O–H groups in total. The maximum atomic E-state index is 12.2. The van der Waals surface area contributed by atoms with Gasteiger partial charge in [0.2, 0.25) is 5.91 Å². The molecule has 128 valence electrons. The molecule has 0 aliphatic heterocycles. The number of aryl methyl sites for hydroxylation is 1. The maximum Gasteiger partial charge on any atom is 0.326 e. The zero-order valence-corrected chi connectivity index (χ0v) is 13.7. The van der Waals surface area contributed by atoms with Crippen LogP contribution in [0, 0.1) is 0 Å². The van der Waals surface area contributed by atoms with E-state index in [1.807, 2.05) is 60.8 Å². The predicted molar refractivity (Wildman–Crippen MR) is 96.3 cm³/mol. The van der Waals surface area contributed by atoms with Crippen molar-refractivity contribution in [2.45, 2.75) is 25.3 Å². The zero-order valence-electron chi connectivity index (χ0n) is 13.7. The van der Waals surface area contributed by atoms with Crippen LogP contribution in [0.2, 0.25) is 0 Å². The van der Waals surface area contributed by atoms with Crippen LogP contribution in [-0.2, 0) is 22.4 Å². The predicted octanol–water partition coefficient (Wildman–Crippen LogP) is 2.91.